The van der Waals surface area contributed by atoms with Crippen molar-refractivity contribution in [3.05, 3.63) is 62.8 Å². The van der Waals surface area contributed by atoms with Crippen molar-refractivity contribution in [3.63, 3.8) is 0 Å². The Morgan fingerprint density at radius 2 is 1.74 bits per heavy atom. The molecule has 1 amide bonds. The fourth-order valence-corrected chi connectivity index (χ4v) is 4.94. The lowest BCUT2D eigenvalue weighted by molar-refractivity contribution is -0.143. The van der Waals surface area contributed by atoms with E-state index in [4.69, 9.17) is 0 Å². The standard InChI is InChI=1S/C21H17F6N3O2S2/c1-4-5-30-18(32)16-10(2)11(3)34-17(16)29-19(30)33-9-15(31)28-14-7-12(20(22,23)24)6-13(8-14)21(25,26)27/h4,6-8H,1,5,9H2,2-3H3,(H,28,31). The number of aromatic nitrogens is 2. The first-order chi connectivity index (χ1) is 15.7. The second kappa shape index (κ2) is 9.45. The Kier molecular flexibility index (Phi) is 7.18. The van der Waals surface area contributed by atoms with E-state index >= 15 is 0 Å². The molecule has 0 radical (unpaired) electrons. The highest BCUT2D eigenvalue weighted by atomic mass is 32.2. The first-order valence-electron chi connectivity index (χ1n) is 9.56. The lowest BCUT2D eigenvalue weighted by Gasteiger charge is -2.15. The summed E-state index contributed by atoms with van der Waals surface area (Å²) in [6.07, 6.45) is -8.60. The van der Waals surface area contributed by atoms with Crippen LogP contribution in [0.1, 0.15) is 21.6 Å². The molecule has 3 rings (SSSR count). The number of halogens is 6. The van der Waals surface area contributed by atoms with Crippen LogP contribution in [-0.4, -0.2) is 21.2 Å². The molecule has 1 N–H and O–H groups in total. The van der Waals surface area contributed by atoms with Crippen LogP contribution in [0.2, 0.25) is 0 Å². The van der Waals surface area contributed by atoms with Gasteiger partial charge in [-0.25, -0.2) is 4.98 Å². The van der Waals surface area contributed by atoms with Crippen LogP contribution in [0.5, 0.6) is 0 Å². The molecule has 0 unspecified atom stereocenters. The van der Waals surface area contributed by atoms with Gasteiger partial charge in [-0.15, -0.1) is 17.9 Å². The Balaban J connectivity index is 1.87. The number of hydrogen-bond acceptors (Lipinski definition) is 5. The van der Waals surface area contributed by atoms with Crippen LogP contribution in [0.25, 0.3) is 10.2 Å². The van der Waals surface area contributed by atoms with E-state index in [-0.39, 0.29) is 23.3 Å². The van der Waals surface area contributed by atoms with Gasteiger partial charge in [0.1, 0.15) is 4.83 Å². The lowest BCUT2D eigenvalue weighted by atomic mass is 10.1. The number of thiophene rings is 1. The highest BCUT2D eigenvalue weighted by Crippen LogP contribution is 2.37. The molecular weight excluding hydrogens is 504 g/mol. The number of aryl methyl sites for hydroxylation is 2. The predicted molar refractivity (Wildman–Crippen MR) is 119 cm³/mol. The maximum Gasteiger partial charge on any atom is 0.416 e. The lowest BCUT2D eigenvalue weighted by Crippen LogP contribution is -2.23. The predicted octanol–water partition coefficient (Wildman–Crippen LogP) is 6.03. The summed E-state index contributed by atoms with van der Waals surface area (Å²) in [6, 6.07) is 0.822. The summed E-state index contributed by atoms with van der Waals surface area (Å²) in [7, 11) is 0. The number of hydrogen-bond donors (Lipinski definition) is 1. The highest BCUT2D eigenvalue weighted by Gasteiger charge is 2.37. The van der Waals surface area contributed by atoms with Crippen LogP contribution in [0, 0.1) is 13.8 Å². The molecule has 13 heteroatoms. The molecule has 0 fully saturated rings. The minimum Gasteiger partial charge on any atom is -0.325 e. The first kappa shape index (κ1) is 25.8. The van der Waals surface area contributed by atoms with Gasteiger partial charge in [0.2, 0.25) is 5.91 Å². The minimum atomic E-state index is -5.04. The Bertz CT molecular complexity index is 1290. The molecule has 2 heterocycles. The van der Waals surface area contributed by atoms with Crippen molar-refractivity contribution in [1.29, 1.82) is 0 Å². The van der Waals surface area contributed by atoms with Gasteiger partial charge in [0.15, 0.2) is 5.16 Å². The Morgan fingerprint density at radius 3 is 2.26 bits per heavy atom. The van der Waals surface area contributed by atoms with E-state index in [1.165, 1.54) is 22.0 Å². The van der Waals surface area contributed by atoms with Crippen LogP contribution >= 0.6 is 23.1 Å². The molecule has 3 aromatic rings. The number of nitrogens with zero attached hydrogens (tertiary/aromatic N) is 2. The normalized spacial score (nSPS) is 12.2. The van der Waals surface area contributed by atoms with E-state index < -0.39 is 40.8 Å². The summed E-state index contributed by atoms with van der Waals surface area (Å²) in [5.74, 6) is -1.27. The second-order valence-electron chi connectivity index (χ2n) is 7.19. The van der Waals surface area contributed by atoms with E-state index in [9.17, 15) is 35.9 Å². The van der Waals surface area contributed by atoms with E-state index in [1.54, 1.807) is 6.92 Å². The number of alkyl halides is 6. The number of anilines is 1. The molecule has 5 nitrogen and oxygen atoms in total. The molecule has 0 aliphatic rings. The summed E-state index contributed by atoms with van der Waals surface area (Å²) in [5.41, 5.74) is -3.28. The zero-order valence-electron chi connectivity index (χ0n) is 17.7. The number of rotatable bonds is 6. The van der Waals surface area contributed by atoms with Gasteiger partial charge >= 0.3 is 12.4 Å². The first-order valence-corrected chi connectivity index (χ1v) is 11.4. The quantitative estimate of drug-likeness (QED) is 0.186. The summed E-state index contributed by atoms with van der Waals surface area (Å²) in [6.45, 7) is 7.32. The molecule has 0 aliphatic heterocycles. The van der Waals surface area contributed by atoms with E-state index in [0.29, 0.717) is 22.3 Å². The van der Waals surface area contributed by atoms with Crippen LogP contribution in [-0.2, 0) is 23.7 Å². The molecular formula is C21H17F6N3O2S2. The highest BCUT2D eigenvalue weighted by molar-refractivity contribution is 7.99. The third-order valence-electron chi connectivity index (χ3n) is 4.77. The van der Waals surface area contributed by atoms with Crippen molar-refractivity contribution in [2.75, 3.05) is 11.1 Å². The van der Waals surface area contributed by atoms with Gasteiger partial charge in [0.25, 0.3) is 5.56 Å². The zero-order valence-corrected chi connectivity index (χ0v) is 19.4. The summed E-state index contributed by atoms with van der Waals surface area (Å²) in [5, 5.41) is 2.68. The van der Waals surface area contributed by atoms with Gasteiger partial charge in [-0.2, -0.15) is 26.3 Å². The monoisotopic (exact) mass is 521 g/mol. The summed E-state index contributed by atoms with van der Waals surface area (Å²) < 4.78 is 79.4. The topological polar surface area (TPSA) is 64.0 Å². The number of benzene rings is 1. The van der Waals surface area contributed by atoms with Crippen molar-refractivity contribution in [2.24, 2.45) is 0 Å². The smallest absolute Gasteiger partial charge is 0.325 e. The van der Waals surface area contributed by atoms with Crippen LogP contribution in [0.15, 0.2) is 40.8 Å². The van der Waals surface area contributed by atoms with Gasteiger partial charge in [-0.1, -0.05) is 17.8 Å². The molecule has 0 aliphatic carbocycles. The van der Waals surface area contributed by atoms with Crippen molar-refractivity contribution in [2.45, 2.75) is 37.9 Å². The van der Waals surface area contributed by atoms with E-state index in [1.807, 2.05) is 6.92 Å². The fourth-order valence-electron chi connectivity index (χ4n) is 3.06. The largest absolute Gasteiger partial charge is 0.416 e. The van der Waals surface area contributed by atoms with Gasteiger partial charge in [-0.05, 0) is 37.6 Å². The van der Waals surface area contributed by atoms with Crippen molar-refractivity contribution >= 4 is 44.9 Å². The van der Waals surface area contributed by atoms with E-state index in [2.05, 4.69) is 16.9 Å². The molecule has 0 bridgehead atoms. The molecule has 2 aromatic heterocycles. The number of fused-ring (bicyclic) bond motifs is 1. The molecule has 0 atom stereocenters. The number of carbonyl (C=O) groups is 1. The number of allylic oxidation sites excluding steroid dienone is 1. The number of amides is 1. The van der Waals surface area contributed by atoms with Gasteiger partial charge in [0.05, 0.1) is 22.3 Å². The van der Waals surface area contributed by atoms with Crippen LogP contribution < -0.4 is 10.9 Å². The number of thioether (sulfide) groups is 1. The number of carbonyl (C=O) groups excluding carboxylic acids is 1. The average molecular weight is 522 g/mol. The summed E-state index contributed by atoms with van der Waals surface area (Å²) in [4.78, 5) is 31.1. The fraction of sp³-hybridized carbons (Fsp3) is 0.286. The molecule has 0 saturated carbocycles. The number of nitrogens with one attached hydrogen (secondary N) is 1. The molecule has 34 heavy (non-hydrogen) atoms. The van der Waals surface area contributed by atoms with Crippen LogP contribution in [0.4, 0.5) is 32.0 Å². The molecule has 0 spiro atoms. The van der Waals surface area contributed by atoms with Crippen LogP contribution in [0.3, 0.4) is 0 Å². The molecule has 182 valence electrons. The average Bonchev–Trinajstić information content (AvgIpc) is 3.01. The molecule has 0 saturated heterocycles. The van der Waals surface area contributed by atoms with Crippen molar-refractivity contribution < 1.29 is 31.1 Å². The maximum absolute atomic E-state index is 13.0. The maximum atomic E-state index is 13.0. The summed E-state index contributed by atoms with van der Waals surface area (Å²) >= 11 is 2.13. The van der Waals surface area contributed by atoms with Gasteiger partial charge in [0, 0.05) is 17.1 Å². The van der Waals surface area contributed by atoms with Gasteiger partial charge in [-0.3, -0.25) is 14.2 Å². The SMILES string of the molecule is C=CCn1c(SCC(=O)Nc2cc(C(F)(F)F)cc(C(F)(F)F)c2)nc2sc(C)c(C)c2c1=O. The third kappa shape index (κ3) is 5.46. The van der Waals surface area contributed by atoms with E-state index in [0.717, 1.165) is 22.2 Å². The Labute approximate surface area is 197 Å². The Morgan fingerprint density at radius 1 is 1.15 bits per heavy atom. The van der Waals surface area contributed by atoms with Crippen molar-refractivity contribution in [1.82, 2.24) is 9.55 Å². The van der Waals surface area contributed by atoms with Gasteiger partial charge < -0.3 is 5.32 Å². The Hall–Kier alpha value is -2.80. The van der Waals surface area contributed by atoms with Crippen molar-refractivity contribution in [3.8, 4) is 0 Å². The third-order valence-corrected chi connectivity index (χ3v) is 6.85. The second-order valence-corrected chi connectivity index (χ2v) is 9.34. The molecule has 1 aromatic carbocycles. The minimum absolute atomic E-state index is 0.0253. The zero-order chi connectivity index (χ0) is 25.4.